The smallest absolute Gasteiger partial charge is 0.410 e. The Labute approximate surface area is 339 Å². The Morgan fingerprint density at radius 3 is 2.62 bits per heavy atom. The van der Waals surface area contributed by atoms with Crippen LogP contribution >= 0.6 is 0 Å². The molecule has 0 bridgehead atoms. The molecule has 4 aliphatic heterocycles. The summed E-state index contributed by atoms with van der Waals surface area (Å²) in [4.78, 5) is 56.3. The minimum absolute atomic E-state index is 0.0182. The average Bonchev–Trinajstić information content (AvgIpc) is 4.00. The number of carbonyl (C=O) groups is 3. The lowest BCUT2D eigenvalue weighted by Crippen LogP contribution is -2.55. The SMILES string of the molecule is COC(=O)N[C@H](C(=O)N1[C@@H](C)CC[C@H]1C1=Nc2ccc3cc4c(cc3c2C1)OCc1cc(-c2cnc([C@@H]3C[C@H](CCO)CN3C(=O)OC(C)(C)C)[nH]2)ccc1-4)C(C)C. The van der Waals surface area contributed by atoms with Gasteiger partial charge in [0.15, 0.2) is 0 Å². The van der Waals surface area contributed by atoms with Crippen molar-refractivity contribution >= 4 is 40.3 Å². The molecule has 1 aromatic heterocycles. The van der Waals surface area contributed by atoms with Gasteiger partial charge in [-0.15, -0.1) is 0 Å². The topological polar surface area (TPSA) is 159 Å². The number of H-pyrrole nitrogens is 1. The zero-order chi connectivity index (χ0) is 41.0. The summed E-state index contributed by atoms with van der Waals surface area (Å²) >= 11 is 0. The number of aliphatic hydroxyl groups is 1. The van der Waals surface area contributed by atoms with E-state index in [2.05, 4.69) is 59.7 Å². The van der Waals surface area contributed by atoms with Crippen LogP contribution < -0.4 is 10.1 Å². The number of rotatable bonds is 8. The van der Waals surface area contributed by atoms with Crippen LogP contribution in [0.3, 0.4) is 0 Å². The van der Waals surface area contributed by atoms with E-state index < -0.39 is 17.7 Å². The number of hydrogen-bond donors (Lipinski definition) is 3. The molecule has 5 atom stereocenters. The fourth-order valence-corrected chi connectivity index (χ4v) is 9.18. The largest absolute Gasteiger partial charge is 0.488 e. The molecular formula is C45H54N6O7. The second kappa shape index (κ2) is 15.4. The molecule has 4 aromatic rings. The number of imidazole rings is 1. The van der Waals surface area contributed by atoms with E-state index in [0.29, 0.717) is 38.2 Å². The van der Waals surface area contributed by atoms with E-state index in [1.165, 1.54) is 7.11 Å². The summed E-state index contributed by atoms with van der Waals surface area (Å²) in [6, 6.07) is 13.8. The maximum atomic E-state index is 14.0. The van der Waals surface area contributed by atoms with E-state index in [-0.39, 0.29) is 48.6 Å². The summed E-state index contributed by atoms with van der Waals surface area (Å²) in [7, 11) is 1.31. The molecule has 2 saturated heterocycles. The minimum atomic E-state index is -0.695. The van der Waals surface area contributed by atoms with E-state index in [9.17, 15) is 19.5 Å². The highest BCUT2D eigenvalue weighted by Gasteiger charge is 2.43. The van der Waals surface area contributed by atoms with Crippen LogP contribution in [0.2, 0.25) is 0 Å². The Hall–Kier alpha value is -5.43. The van der Waals surface area contributed by atoms with Gasteiger partial charge >= 0.3 is 12.2 Å². The van der Waals surface area contributed by atoms with Crippen LogP contribution in [0.25, 0.3) is 33.2 Å². The second-order valence-electron chi connectivity index (χ2n) is 17.6. The van der Waals surface area contributed by atoms with Crippen LogP contribution in [0, 0.1) is 11.8 Å². The Morgan fingerprint density at radius 1 is 1.07 bits per heavy atom. The fraction of sp³-hybridized carbons (Fsp3) is 0.489. The molecule has 5 heterocycles. The quantitative estimate of drug-likeness (QED) is 0.163. The normalized spacial score (nSPS) is 21.6. The van der Waals surface area contributed by atoms with Crippen molar-refractivity contribution < 1.29 is 33.7 Å². The van der Waals surface area contributed by atoms with Gasteiger partial charge in [-0.25, -0.2) is 14.6 Å². The van der Waals surface area contributed by atoms with Gasteiger partial charge in [-0.2, -0.15) is 0 Å². The molecule has 0 saturated carbocycles. The van der Waals surface area contributed by atoms with Crippen molar-refractivity contribution in [3.05, 3.63) is 65.6 Å². The monoisotopic (exact) mass is 790 g/mol. The number of methoxy groups -OCH3 is 1. The molecule has 2 fully saturated rings. The number of nitrogens with zero attached hydrogens (tertiary/aromatic N) is 4. The number of aliphatic imine (C=N–C) groups is 1. The molecular weight excluding hydrogens is 737 g/mol. The van der Waals surface area contributed by atoms with Crippen LogP contribution in [0.5, 0.6) is 5.75 Å². The highest BCUT2D eigenvalue weighted by Crippen LogP contribution is 2.45. The van der Waals surface area contributed by atoms with Crippen molar-refractivity contribution in [2.45, 2.75) is 110 Å². The number of fused-ring (bicyclic) bond motifs is 6. The molecule has 4 aliphatic rings. The number of alkyl carbamates (subject to hydrolysis) is 1. The van der Waals surface area contributed by atoms with Gasteiger partial charge in [-0.1, -0.05) is 32.0 Å². The summed E-state index contributed by atoms with van der Waals surface area (Å²) in [5.74, 6) is 1.45. The molecule has 0 radical (unpaired) electrons. The number of carbonyl (C=O) groups excluding carboxylic acids is 3. The number of amides is 3. The standard InChI is InChI=1S/C45H54N6O7/c1-24(2)40(49-43(54)56-7)42(53)51-25(3)8-13-37(51)35-19-32-31-20-39-33(18-27(31)10-12-34(32)47-35)30-11-9-28(17-29(30)23-57-39)36-21-46-41(48-36)38-16-26(14-15-52)22-50(38)44(55)58-45(4,5)6/h9-12,17-18,20-21,24-26,37-38,40,52H,8,13-16,19,22-23H2,1-7H3,(H,46,48)(H,49,54)/t25-,26-,37-,38-,40-/m0/s1. The summed E-state index contributed by atoms with van der Waals surface area (Å²) in [5.41, 5.74) is 7.40. The lowest BCUT2D eigenvalue weighted by atomic mass is 9.90. The van der Waals surface area contributed by atoms with Gasteiger partial charge in [0.25, 0.3) is 0 Å². The van der Waals surface area contributed by atoms with Gasteiger partial charge in [0, 0.05) is 36.9 Å². The lowest BCUT2D eigenvalue weighted by molar-refractivity contribution is -0.136. The maximum absolute atomic E-state index is 14.0. The lowest BCUT2D eigenvalue weighted by Gasteiger charge is -2.33. The number of nitrogens with one attached hydrogen (secondary N) is 2. The zero-order valence-corrected chi connectivity index (χ0v) is 34.4. The Balaban J connectivity index is 1.02. The minimum Gasteiger partial charge on any atom is -0.488 e. The first-order chi connectivity index (χ1) is 27.7. The van der Waals surface area contributed by atoms with Gasteiger partial charge < -0.3 is 34.5 Å². The van der Waals surface area contributed by atoms with Gasteiger partial charge in [-0.05, 0) is 123 Å². The number of aliphatic hydroxyl groups excluding tert-OH is 1. The van der Waals surface area contributed by atoms with Crippen molar-refractivity contribution in [1.29, 1.82) is 0 Å². The summed E-state index contributed by atoms with van der Waals surface area (Å²) in [6.45, 7) is 12.5. The first-order valence-electron chi connectivity index (χ1n) is 20.5. The van der Waals surface area contributed by atoms with E-state index >= 15 is 0 Å². The Bertz CT molecular complexity index is 2290. The molecule has 0 aliphatic carbocycles. The number of aromatic nitrogens is 2. The number of benzene rings is 3. The van der Waals surface area contributed by atoms with Crippen LogP contribution in [-0.2, 0) is 27.3 Å². The van der Waals surface area contributed by atoms with Crippen molar-refractivity contribution in [2.75, 3.05) is 20.3 Å². The van der Waals surface area contributed by atoms with Gasteiger partial charge in [0.2, 0.25) is 5.91 Å². The maximum Gasteiger partial charge on any atom is 0.410 e. The summed E-state index contributed by atoms with van der Waals surface area (Å²) in [6.07, 6.45) is 4.44. The van der Waals surface area contributed by atoms with Gasteiger partial charge in [-0.3, -0.25) is 14.7 Å². The molecule has 13 nitrogen and oxygen atoms in total. The van der Waals surface area contributed by atoms with Crippen LogP contribution in [0.1, 0.15) is 90.2 Å². The fourth-order valence-electron chi connectivity index (χ4n) is 9.18. The van der Waals surface area contributed by atoms with Crippen molar-refractivity contribution in [2.24, 2.45) is 16.8 Å². The third kappa shape index (κ3) is 7.40. The summed E-state index contributed by atoms with van der Waals surface area (Å²) < 4.78 is 17.0. The molecule has 3 N–H and O–H groups in total. The van der Waals surface area contributed by atoms with Crippen molar-refractivity contribution in [3.63, 3.8) is 0 Å². The number of likely N-dealkylation sites (tertiary alicyclic amines) is 2. The predicted octanol–water partition coefficient (Wildman–Crippen LogP) is 7.86. The van der Waals surface area contributed by atoms with Crippen molar-refractivity contribution in [1.82, 2.24) is 25.1 Å². The number of ether oxygens (including phenoxy) is 3. The predicted molar refractivity (Wildman–Crippen MR) is 221 cm³/mol. The molecule has 306 valence electrons. The van der Waals surface area contributed by atoms with Gasteiger partial charge in [0.05, 0.1) is 36.8 Å². The molecule has 3 aromatic carbocycles. The van der Waals surface area contributed by atoms with Gasteiger partial charge in [0.1, 0.15) is 29.8 Å². The first kappa shape index (κ1) is 39.4. The zero-order valence-electron chi connectivity index (χ0n) is 34.4. The van der Waals surface area contributed by atoms with Crippen molar-refractivity contribution in [3.8, 4) is 28.1 Å². The van der Waals surface area contributed by atoms with Crippen LogP contribution in [0.15, 0.2) is 53.7 Å². The molecule has 0 unspecified atom stereocenters. The molecule has 58 heavy (non-hydrogen) atoms. The molecule has 3 amide bonds. The third-order valence-electron chi connectivity index (χ3n) is 12.1. The molecule has 8 rings (SSSR count). The highest BCUT2D eigenvalue weighted by atomic mass is 16.6. The Morgan fingerprint density at radius 2 is 1.88 bits per heavy atom. The van der Waals surface area contributed by atoms with E-state index in [1.807, 2.05) is 45.7 Å². The number of hydrogen-bond acceptors (Lipinski definition) is 9. The molecule has 0 spiro atoms. The first-order valence-corrected chi connectivity index (χ1v) is 20.5. The second-order valence-corrected chi connectivity index (χ2v) is 17.6. The summed E-state index contributed by atoms with van der Waals surface area (Å²) in [5, 5.41) is 14.6. The Kier molecular flexibility index (Phi) is 10.5. The van der Waals surface area contributed by atoms with Crippen LogP contribution in [-0.4, -0.2) is 92.7 Å². The molecule has 13 heteroatoms. The number of aromatic amines is 1. The van der Waals surface area contributed by atoms with E-state index in [1.54, 1.807) is 4.90 Å². The average molecular weight is 791 g/mol. The van der Waals surface area contributed by atoms with E-state index in [4.69, 9.17) is 24.2 Å². The third-order valence-corrected chi connectivity index (χ3v) is 12.1. The highest BCUT2D eigenvalue weighted by molar-refractivity contribution is 6.06. The van der Waals surface area contributed by atoms with E-state index in [0.717, 1.165) is 74.3 Å². The van der Waals surface area contributed by atoms with Crippen LogP contribution in [0.4, 0.5) is 15.3 Å².